The third-order valence-corrected chi connectivity index (χ3v) is 3.04. The fourth-order valence-corrected chi connectivity index (χ4v) is 2.10. The summed E-state index contributed by atoms with van der Waals surface area (Å²) in [5.41, 5.74) is 0.783. The normalized spacial score (nSPS) is 19.6. The van der Waals surface area contributed by atoms with Crippen LogP contribution in [0.25, 0.3) is 0 Å². The predicted octanol–water partition coefficient (Wildman–Crippen LogP) is 1.39. The Morgan fingerprint density at radius 2 is 2.39 bits per heavy atom. The van der Waals surface area contributed by atoms with E-state index in [1.807, 2.05) is 24.0 Å². The van der Waals surface area contributed by atoms with Gasteiger partial charge in [-0.25, -0.2) is 4.79 Å². The minimum atomic E-state index is -1.16. The highest BCUT2D eigenvalue weighted by atomic mass is 16.4. The van der Waals surface area contributed by atoms with Crippen LogP contribution in [0.5, 0.6) is 0 Å². The zero-order valence-corrected chi connectivity index (χ0v) is 10.0. The summed E-state index contributed by atoms with van der Waals surface area (Å²) in [5.74, 6) is -1.50. The first-order valence-corrected chi connectivity index (χ1v) is 5.77. The van der Waals surface area contributed by atoms with E-state index in [2.05, 4.69) is 4.98 Å². The molecule has 5 heteroatoms. The Hall–Kier alpha value is -2.17. The van der Waals surface area contributed by atoms with Crippen molar-refractivity contribution < 1.29 is 14.7 Å². The highest BCUT2D eigenvalue weighted by Gasteiger charge is 2.31. The number of aromatic nitrogens is 1. The SMILES string of the molecule is CCN1C=C(C(=O)O)C(=O)CC1c1cccnc1. The molecule has 0 saturated carbocycles. The smallest absolute Gasteiger partial charge is 0.340 e. The molecule has 0 fully saturated rings. The number of pyridine rings is 1. The van der Waals surface area contributed by atoms with Gasteiger partial charge >= 0.3 is 5.97 Å². The summed E-state index contributed by atoms with van der Waals surface area (Å²) >= 11 is 0. The summed E-state index contributed by atoms with van der Waals surface area (Å²) < 4.78 is 0. The number of hydrogen-bond donors (Lipinski definition) is 1. The maximum absolute atomic E-state index is 11.8. The van der Waals surface area contributed by atoms with Gasteiger partial charge in [0.05, 0.1) is 6.04 Å². The number of carbonyl (C=O) groups is 2. The van der Waals surface area contributed by atoms with Crippen molar-refractivity contribution in [3.63, 3.8) is 0 Å². The van der Waals surface area contributed by atoms with Gasteiger partial charge in [-0.2, -0.15) is 0 Å². The van der Waals surface area contributed by atoms with Crippen molar-refractivity contribution >= 4 is 11.8 Å². The van der Waals surface area contributed by atoms with Gasteiger partial charge in [0.25, 0.3) is 0 Å². The van der Waals surface area contributed by atoms with Crippen molar-refractivity contribution in [2.75, 3.05) is 6.54 Å². The molecular formula is C13H14N2O3. The van der Waals surface area contributed by atoms with E-state index in [0.29, 0.717) is 6.54 Å². The van der Waals surface area contributed by atoms with Crippen LogP contribution in [-0.4, -0.2) is 33.3 Å². The van der Waals surface area contributed by atoms with Gasteiger partial charge in [-0.3, -0.25) is 9.78 Å². The van der Waals surface area contributed by atoms with Gasteiger partial charge in [-0.15, -0.1) is 0 Å². The fraction of sp³-hybridized carbons (Fsp3) is 0.308. The van der Waals surface area contributed by atoms with Gasteiger partial charge in [-0.1, -0.05) is 6.07 Å². The third kappa shape index (κ3) is 2.25. The van der Waals surface area contributed by atoms with Crippen molar-refractivity contribution in [3.05, 3.63) is 41.9 Å². The summed E-state index contributed by atoms with van der Waals surface area (Å²) in [6.45, 7) is 2.57. The van der Waals surface area contributed by atoms with Crippen LogP contribution in [0.1, 0.15) is 24.9 Å². The fourth-order valence-electron chi connectivity index (χ4n) is 2.10. The molecule has 1 aliphatic rings. The third-order valence-electron chi connectivity index (χ3n) is 3.04. The topological polar surface area (TPSA) is 70.5 Å². The van der Waals surface area contributed by atoms with Crippen LogP contribution < -0.4 is 0 Å². The molecule has 1 atom stereocenters. The lowest BCUT2D eigenvalue weighted by atomic mass is 9.94. The Morgan fingerprint density at radius 3 is 2.94 bits per heavy atom. The molecule has 2 rings (SSSR count). The molecule has 1 aliphatic heterocycles. The van der Waals surface area contributed by atoms with E-state index < -0.39 is 5.97 Å². The molecule has 0 radical (unpaired) electrons. The molecular weight excluding hydrogens is 232 g/mol. The van der Waals surface area contributed by atoms with E-state index in [9.17, 15) is 9.59 Å². The number of ketones is 1. The van der Waals surface area contributed by atoms with Gasteiger partial charge in [-0.05, 0) is 18.6 Å². The number of carboxylic acid groups (broad SMARTS) is 1. The zero-order valence-electron chi connectivity index (χ0n) is 10.0. The average Bonchev–Trinajstić information content (AvgIpc) is 2.39. The van der Waals surface area contributed by atoms with Crippen molar-refractivity contribution in [2.45, 2.75) is 19.4 Å². The van der Waals surface area contributed by atoms with E-state index >= 15 is 0 Å². The second kappa shape index (κ2) is 5.00. The lowest BCUT2D eigenvalue weighted by Crippen LogP contribution is -2.33. The van der Waals surface area contributed by atoms with Crippen molar-refractivity contribution in [1.82, 2.24) is 9.88 Å². The van der Waals surface area contributed by atoms with Crippen LogP contribution >= 0.6 is 0 Å². The first kappa shape index (κ1) is 12.3. The standard InChI is InChI=1S/C13H14N2O3/c1-2-15-8-10(13(17)18)12(16)6-11(15)9-4-3-5-14-7-9/h3-5,7-8,11H,2,6H2,1H3,(H,17,18). The lowest BCUT2D eigenvalue weighted by Gasteiger charge is -2.33. The van der Waals surface area contributed by atoms with Crippen molar-refractivity contribution in [1.29, 1.82) is 0 Å². The van der Waals surface area contributed by atoms with Crippen LogP contribution in [0.15, 0.2) is 36.3 Å². The number of carboxylic acids is 1. The summed E-state index contributed by atoms with van der Waals surface area (Å²) in [5, 5.41) is 8.95. The van der Waals surface area contributed by atoms with Gasteiger partial charge in [0.2, 0.25) is 0 Å². The lowest BCUT2D eigenvalue weighted by molar-refractivity contribution is -0.135. The molecule has 1 unspecified atom stereocenters. The molecule has 0 saturated heterocycles. The molecule has 18 heavy (non-hydrogen) atoms. The predicted molar refractivity (Wildman–Crippen MR) is 64.7 cm³/mol. The number of aliphatic carboxylic acids is 1. The Kier molecular flexibility index (Phi) is 3.41. The Bertz CT molecular complexity index is 496. The zero-order chi connectivity index (χ0) is 13.1. The van der Waals surface area contributed by atoms with Crippen LogP contribution in [-0.2, 0) is 9.59 Å². The van der Waals surface area contributed by atoms with Gasteiger partial charge in [0.15, 0.2) is 5.78 Å². The van der Waals surface area contributed by atoms with Crippen LogP contribution in [0.4, 0.5) is 0 Å². The first-order chi connectivity index (χ1) is 8.63. The largest absolute Gasteiger partial charge is 0.478 e. The Balaban J connectivity index is 2.35. The second-order valence-electron chi connectivity index (χ2n) is 4.11. The van der Waals surface area contributed by atoms with Crippen molar-refractivity contribution in [3.8, 4) is 0 Å². The minimum absolute atomic E-state index is 0.126. The van der Waals surface area contributed by atoms with Crippen LogP contribution in [0.3, 0.4) is 0 Å². The summed E-state index contributed by atoms with van der Waals surface area (Å²) in [7, 11) is 0. The molecule has 1 aromatic rings. The Labute approximate surface area is 105 Å². The Morgan fingerprint density at radius 1 is 1.61 bits per heavy atom. The van der Waals surface area contributed by atoms with Crippen LogP contribution in [0.2, 0.25) is 0 Å². The average molecular weight is 246 g/mol. The summed E-state index contributed by atoms with van der Waals surface area (Å²) in [6, 6.07) is 3.58. The number of rotatable bonds is 3. The highest BCUT2D eigenvalue weighted by molar-refractivity contribution is 6.17. The van der Waals surface area contributed by atoms with E-state index in [0.717, 1.165) is 5.56 Å². The molecule has 1 aromatic heterocycles. The molecule has 94 valence electrons. The second-order valence-corrected chi connectivity index (χ2v) is 4.11. The molecule has 5 nitrogen and oxygen atoms in total. The highest BCUT2D eigenvalue weighted by Crippen LogP contribution is 2.30. The van der Waals surface area contributed by atoms with E-state index in [-0.39, 0.29) is 23.8 Å². The van der Waals surface area contributed by atoms with Gasteiger partial charge in [0, 0.05) is 31.6 Å². The number of hydrogen-bond acceptors (Lipinski definition) is 4. The molecule has 0 amide bonds. The minimum Gasteiger partial charge on any atom is -0.478 e. The quantitative estimate of drug-likeness (QED) is 0.816. The molecule has 0 bridgehead atoms. The first-order valence-electron chi connectivity index (χ1n) is 5.77. The molecule has 0 aliphatic carbocycles. The summed E-state index contributed by atoms with van der Waals surface area (Å²) in [6.07, 6.45) is 4.99. The van der Waals surface area contributed by atoms with Crippen LogP contribution in [0, 0.1) is 0 Å². The van der Waals surface area contributed by atoms with E-state index in [4.69, 9.17) is 5.11 Å². The van der Waals surface area contributed by atoms with Gasteiger partial charge < -0.3 is 10.0 Å². The molecule has 0 spiro atoms. The maximum atomic E-state index is 11.8. The van der Waals surface area contributed by atoms with E-state index in [1.165, 1.54) is 6.20 Å². The molecule has 2 heterocycles. The monoisotopic (exact) mass is 246 g/mol. The molecule has 0 aromatic carbocycles. The van der Waals surface area contributed by atoms with Gasteiger partial charge in [0.1, 0.15) is 5.57 Å². The number of Topliss-reactive ketones (excluding diaryl/α,β-unsaturated/α-hetero) is 1. The van der Waals surface area contributed by atoms with Crippen molar-refractivity contribution in [2.24, 2.45) is 0 Å². The van der Waals surface area contributed by atoms with E-state index in [1.54, 1.807) is 12.4 Å². The summed E-state index contributed by atoms with van der Waals surface area (Å²) in [4.78, 5) is 28.6. The maximum Gasteiger partial charge on any atom is 0.340 e. The number of nitrogens with zero attached hydrogens (tertiary/aromatic N) is 2. The molecule has 1 N–H and O–H groups in total. The number of carbonyl (C=O) groups excluding carboxylic acids is 1.